The van der Waals surface area contributed by atoms with Gasteiger partial charge in [0.15, 0.2) is 5.78 Å². The summed E-state index contributed by atoms with van der Waals surface area (Å²) < 4.78 is 1.75. The largest absolute Gasteiger partial charge is 0.292 e. The molecule has 0 unspecified atom stereocenters. The Labute approximate surface area is 90.5 Å². The van der Waals surface area contributed by atoms with E-state index in [1.165, 1.54) is 0 Å². The lowest BCUT2D eigenvalue weighted by molar-refractivity contribution is 0.0974. The number of Topliss-reactive ketones (excluding diaryl/α,β-unsaturated/α-hetero) is 1. The molecule has 80 valence electrons. The number of aryl methyl sites for hydroxylation is 2. The molecule has 0 bridgehead atoms. The Hall–Kier alpha value is -1.56. The fourth-order valence-corrected chi connectivity index (χ4v) is 1.42. The summed E-state index contributed by atoms with van der Waals surface area (Å²) in [7, 11) is 0. The molecule has 15 heavy (non-hydrogen) atoms. The maximum absolute atomic E-state index is 11.8. The highest BCUT2D eigenvalue weighted by atomic mass is 16.1. The summed E-state index contributed by atoms with van der Waals surface area (Å²) in [6.07, 6.45) is 6.89. The van der Waals surface area contributed by atoms with Gasteiger partial charge in [-0.15, -0.1) is 12.3 Å². The van der Waals surface area contributed by atoms with Gasteiger partial charge in [-0.2, -0.15) is 5.10 Å². The Morgan fingerprint density at radius 3 is 2.87 bits per heavy atom. The maximum atomic E-state index is 11.8. The van der Waals surface area contributed by atoms with Crippen LogP contribution in [0.5, 0.6) is 0 Å². The van der Waals surface area contributed by atoms with Crippen LogP contribution in [0.1, 0.15) is 42.9 Å². The second kappa shape index (κ2) is 5.35. The molecule has 0 aliphatic rings. The molecule has 0 aromatic carbocycles. The van der Waals surface area contributed by atoms with Gasteiger partial charge in [-0.25, -0.2) is 0 Å². The van der Waals surface area contributed by atoms with Crippen molar-refractivity contribution in [3.05, 3.63) is 17.5 Å². The molecule has 1 rings (SSSR count). The first-order valence-corrected chi connectivity index (χ1v) is 5.26. The highest BCUT2D eigenvalue weighted by Gasteiger charge is 2.12. The van der Waals surface area contributed by atoms with Crippen LogP contribution in [0.3, 0.4) is 0 Å². The second-order valence-corrected chi connectivity index (χ2v) is 3.32. The minimum absolute atomic E-state index is 0.0852. The molecular weight excluding hydrogens is 188 g/mol. The van der Waals surface area contributed by atoms with Gasteiger partial charge in [-0.3, -0.25) is 9.48 Å². The van der Waals surface area contributed by atoms with Gasteiger partial charge in [0.1, 0.15) is 5.69 Å². The van der Waals surface area contributed by atoms with Crippen LogP contribution in [0.2, 0.25) is 0 Å². The van der Waals surface area contributed by atoms with E-state index in [0.717, 1.165) is 18.7 Å². The minimum Gasteiger partial charge on any atom is -0.292 e. The Bertz CT molecular complexity index is 385. The average Bonchev–Trinajstić information content (AvgIpc) is 2.69. The van der Waals surface area contributed by atoms with Crippen LogP contribution >= 0.6 is 0 Å². The van der Waals surface area contributed by atoms with E-state index in [0.29, 0.717) is 18.5 Å². The van der Waals surface area contributed by atoms with E-state index in [1.807, 2.05) is 19.9 Å². The molecule has 0 spiro atoms. The Morgan fingerprint density at radius 2 is 2.33 bits per heavy atom. The quantitative estimate of drug-likeness (QED) is 0.543. The third kappa shape index (κ3) is 2.69. The molecule has 0 N–H and O–H groups in total. The van der Waals surface area contributed by atoms with E-state index in [4.69, 9.17) is 6.42 Å². The molecule has 0 amide bonds. The monoisotopic (exact) mass is 204 g/mol. The molecule has 0 fully saturated rings. The topological polar surface area (TPSA) is 34.9 Å². The Kier molecular flexibility index (Phi) is 4.11. The standard InChI is InChI=1S/C12H16N2O/c1-4-7-8-12(15)11-9-10(5-2)13-14(11)6-3/h1,9H,5-8H2,2-3H3. The van der Waals surface area contributed by atoms with Crippen LogP contribution in [-0.4, -0.2) is 15.6 Å². The zero-order chi connectivity index (χ0) is 11.3. The number of ketones is 1. The highest BCUT2D eigenvalue weighted by Crippen LogP contribution is 2.09. The lowest BCUT2D eigenvalue weighted by atomic mass is 10.1. The normalized spacial score (nSPS) is 9.93. The molecule has 0 radical (unpaired) electrons. The van der Waals surface area contributed by atoms with Crippen LogP contribution in [0, 0.1) is 12.3 Å². The summed E-state index contributed by atoms with van der Waals surface area (Å²) in [6, 6.07) is 1.86. The number of terminal acetylenes is 1. The smallest absolute Gasteiger partial charge is 0.181 e. The van der Waals surface area contributed by atoms with Crippen LogP contribution in [-0.2, 0) is 13.0 Å². The van der Waals surface area contributed by atoms with Gasteiger partial charge in [-0.1, -0.05) is 6.92 Å². The number of carbonyl (C=O) groups is 1. The van der Waals surface area contributed by atoms with Crippen molar-refractivity contribution in [1.29, 1.82) is 0 Å². The van der Waals surface area contributed by atoms with Crippen LogP contribution in [0.4, 0.5) is 0 Å². The first kappa shape index (κ1) is 11.5. The minimum atomic E-state index is 0.0852. The number of rotatable bonds is 5. The van der Waals surface area contributed by atoms with Gasteiger partial charge in [0.05, 0.1) is 5.69 Å². The van der Waals surface area contributed by atoms with Crippen molar-refractivity contribution in [2.45, 2.75) is 39.7 Å². The van der Waals surface area contributed by atoms with Crippen molar-refractivity contribution < 1.29 is 4.79 Å². The number of carbonyl (C=O) groups excluding carboxylic acids is 1. The van der Waals surface area contributed by atoms with Crippen molar-refractivity contribution in [3.63, 3.8) is 0 Å². The lowest BCUT2D eigenvalue weighted by Gasteiger charge is -2.01. The van der Waals surface area contributed by atoms with E-state index in [-0.39, 0.29) is 5.78 Å². The SMILES string of the molecule is C#CCCC(=O)c1cc(CC)nn1CC. The first-order chi connectivity index (χ1) is 7.22. The molecule has 1 aromatic heterocycles. The van der Waals surface area contributed by atoms with Crippen molar-refractivity contribution in [2.75, 3.05) is 0 Å². The van der Waals surface area contributed by atoms with Gasteiger partial charge in [0.25, 0.3) is 0 Å². The Morgan fingerprint density at radius 1 is 1.60 bits per heavy atom. The van der Waals surface area contributed by atoms with Gasteiger partial charge < -0.3 is 0 Å². The molecule has 3 nitrogen and oxygen atoms in total. The molecular formula is C12H16N2O. The molecule has 1 heterocycles. The number of hydrogen-bond acceptors (Lipinski definition) is 2. The van der Waals surface area contributed by atoms with Gasteiger partial charge >= 0.3 is 0 Å². The summed E-state index contributed by atoms with van der Waals surface area (Å²) in [5, 5.41) is 4.32. The van der Waals surface area contributed by atoms with E-state index in [2.05, 4.69) is 11.0 Å². The van der Waals surface area contributed by atoms with Crippen LogP contribution in [0.15, 0.2) is 6.07 Å². The average molecular weight is 204 g/mol. The van der Waals surface area contributed by atoms with Gasteiger partial charge in [0.2, 0.25) is 0 Å². The summed E-state index contributed by atoms with van der Waals surface area (Å²) in [5.41, 5.74) is 1.64. The fourth-order valence-electron chi connectivity index (χ4n) is 1.42. The first-order valence-electron chi connectivity index (χ1n) is 5.26. The number of nitrogens with zero attached hydrogens (tertiary/aromatic N) is 2. The van der Waals surface area contributed by atoms with E-state index in [9.17, 15) is 4.79 Å². The van der Waals surface area contributed by atoms with E-state index >= 15 is 0 Å². The molecule has 0 atom stereocenters. The zero-order valence-corrected chi connectivity index (χ0v) is 9.29. The summed E-state index contributed by atoms with van der Waals surface area (Å²) in [6.45, 7) is 4.72. The fraction of sp³-hybridized carbons (Fsp3) is 0.500. The third-order valence-corrected chi connectivity index (χ3v) is 2.27. The molecule has 3 heteroatoms. The molecule has 0 aliphatic heterocycles. The molecule has 0 saturated carbocycles. The number of aromatic nitrogens is 2. The zero-order valence-electron chi connectivity index (χ0n) is 9.29. The lowest BCUT2D eigenvalue weighted by Crippen LogP contribution is -2.09. The third-order valence-electron chi connectivity index (χ3n) is 2.27. The molecule has 0 saturated heterocycles. The second-order valence-electron chi connectivity index (χ2n) is 3.32. The molecule has 1 aromatic rings. The molecule has 0 aliphatic carbocycles. The summed E-state index contributed by atoms with van der Waals surface area (Å²) >= 11 is 0. The number of hydrogen-bond donors (Lipinski definition) is 0. The predicted octanol–water partition coefficient (Wildman–Crippen LogP) is 2.06. The van der Waals surface area contributed by atoms with Crippen LogP contribution in [0.25, 0.3) is 0 Å². The summed E-state index contributed by atoms with van der Waals surface area (Å²) in [5.74, 6) is 2.56. The highest BCUT2D eigenvalue weighted by molar-refractivity contribution is 5.94. The van der Waals surface area contributed by atoms with E-state index < -0.39 is 0 Å². The Balaban J connectivity index is 2.87. The van der Waals surface area contributed by atoms with Crippen LogP contribution < -0.4 is 0 Å². The maximum Gasteiger partial charge on any atom is 0.181 e. The van der Waals surface area contributed by atoms with E-state index in [1.54, 1.807) is 4.68 Å². The predicted molar refractivity (Wildman–Crippen MR) is 59.7 cm³/mol. The summed E-state index contributed by atoms with van der Waals surface area (Å²) in [4.78, 5) is 11.8. The van der Waals surface area contributed by atoms with Crippen molar-refractivity contribution >= 4 is 5.78 Å². The van der Waals surface area contributed by atoms with Crippen molar-refractivity contribution in [1.82, 2.24) is 9.78 Å². The van der Waals surface area contributed by atoms with Crippen molar-refractivity contribution in [2.24, 2.45) is 0 Å². The van der Waals surface area contributed by atoms with Gasteiger partial charge in [0, 0.05) is 19.4 Å². The van der Waals surface area contributed by atoms with Crippen molar-refractivity contribution in [3.8, 4) is 12.3 Å². The van der Waals surface area contributed by atoms with Gasteiger partial charge in [-0.05, 0) is 19.4 Å².